The van der Waals surface area contributed by atoms with Crippen molar-refractivity contribution in [3.63, 3.8) is 0 Å². The molecule has 16 heavy (non-hydrogen) atoms. The minimum absolute atomic E-state index is 0.341. The normalized spacial score (nSPS) is 14.4. The third kappa shape index (κ3) is 2.81. The lowest BCUT2D eigenvalue weighted by Crippen LogP contribution is -2.36. The highest BCUT2D eigenvalue weighted by Gasteiger charge is 2.35. The Morgan fingerprint density at radius 3 is 2.56 bits per heavy atom. The lowest BCUT2D eigenvalue weighted by molar-refractivity contribution is -0.165. The van der Waals surface area contributed by atoms with Crippen molar-refractivity contribution >= 4 is 5.97 Å². The van der Waals surface area contributed by atoms with Gasteiger partial charge in [0.1, 0.15) is 0 Å². The molecule has 0 aliphatic rings. The number of carboxylic acids is 1. The van der Waals surface area contributed by atoms with Crippen LogP contribution < -0.4 is 5.73 Å². The standard InChI is InChI=1S/C12H17NO3/c1-12(11(14)15,16-9-5-8-13)10-6-3-2-4-7-10/h2-4,6-7H,5,8-9,13H2,1H3,(H,14,15). The summed E-state index contributed by atoms with van der Waals surface area (Å²) in [7, 11) is 0. The van der Waals surface area contributed by atoms with Gasteiger partial charge in [0.15, 0.2) is 5.60 Å². The first-order valence-electron chi connectivity index (χ1n) is 5.24. The third-order valence-electron chi connectivity index (χ3n) is 2.47. The van der Waals surface area contributed by atoms with Crippen molar-refractivity contribution in [2.75, 3.05) is 13.2 Å². The van der Waals surface area contributed by atoms with Crippen LogP contribution in [0, 0.1) is 0 Å². The zero-order valence-corrected chi connectivity index (χ0v) is 9.35. The van der Waals surface area contributed by atoms with E-state index in [0.717, 1.165) is 0 Å². The van der Waals surface area contributed by atoms with E-state index in [2.05, 4.69) is 0 Å². The predicted octanol–water partition coefficient (Wildman–Crippen LogP) is 1.35. The Bertz CT molecular complexity index is 339. The van der Waals surface area contributed by atoms with Crippen LogP contribution in [0.25, 0.3) is 0 Å². The Hall–Kier alpha value is -1.39. The SMILES string of the molecule is CC(OCCCN)(C(=O)O)c1ccccc1. The van der Waals surface area contributed by atoms with Crippen LogP contribution in [-0.2, 0) is 15.1 Å². The molecule has 0 aliphatic carbocycles. The van der Waals surface area contributed by atoms with Gasteiger partial charge in [-0.15, -0.1) is 0 Å². The van der Waals surface area contributed by atoms with Gasteiger partial charge in [0.25, 0.3) is 0 Å². The molecule has 4 nitrogen and oxygen atoms in total. The average Bonchev–Trinajstić information content (AvgIpc) is 2.30. The number of rotatable bonds is 6. The fraction of sp³-hybridized carbons (Fsp3) is 0.417. The van der Waals surface area contributed by atoms with Gasteiger partial charge in [-0.25, -0.2) is 4.79 Å². The summed E-state index contributed by atoms with van der Waals surface area (Å²) in [5.74, 6) is -0.990. The predicted molar refractivity (Wildman–Crippen MR) is 61.1 cm³/mol. The van der Waals surface area contributed by atoms with Crippen molar-refractivity contribution in [3.8, 4) is 0 Å². The summed E-state index contributed by atoms with van der Waals surface area (Å²) in [5.41, 5.74) is 4.69. The topological polar surface area (TPSA) is 72.5 Å². The largest absolute Gasteiger partial charge is 0.479 e. The van der Waals surface area contributed by atoms with Crippen molar-refractivity contribution in [2.24, 2.45) is 5.73 Å². The summed E-state index contributed by atoms with van der Waals surface area (Å²) in [5, 5.41) is 9.23. The van der Waals surface area contributed by atoms with Gasteiger partial charge in [0.2, 0.25) is 0 Å². The average molecular weight is 223 g/mol. The van der Waals surface area contributed by atoms with Crippen molar-refractivity contribution in [3.05, 3.63) is 35.9 Å². The van der Waals surface area contributed by atoms with Crippen molar-refractivity contribution in [2.45, 2.75) is 18.9 Å². The van der Waals surface area contributed by atoms with E-state index in [0.29, 0.717) is 25.1 Å². The first kappa shape index (κ1) is 12.7. The van der Waals surface area contributed by atoms with Gasteiger partial charge in [0.05, 0.1) is 0 Å². The maximum absolute atomic E-state index is 11.3. The van der Waals surface area contributed by atoms with Gasteiger partial charge in [-0.05, 0) is 25.5 Å². The molecule has 0 heterocycles. The van der Waals surface area contributed by atoms with E-state index in [-0.39, 0.29) is 0 Å². The second-order valence-electron chi connectivity index (χ2n) is 3.70. The van der Waals surface area contributed by atoms with Gasteiger partial charge in [-0.2, -0.15) is 0 Å². The van der Waals surface area contributed by atoms with Crippen LogP contribution in [0.5, 0.6) is 0 Å². The van der Waals surface area contributed by atoms with Crippen molar-refractivity contribution in [1.29, 1.82) is 0 Å². The lowest BCUT2D eigenvalue weighted by Gasteiger charge is -2.25. The lowest BCUT2D eigenvalue weighted by atomic mass is 9.96. The summed E-state index contributed by atoms with van der Waals surface area (Å²) in [6.45, 7) is 2.39. The molecular weight excluding hydrogens is 206 g/mol. The molecule has 0 aliphatic heterocycles. The highest BCUT2D eigenvalue weighted by Crippen LogP contribution is 2.25. The van der Waals surface area contributed by atoms with Gasteiger partial charge >= 0.3 is 5.97 Å². The second kappa shape index (κ2) is 5.63. The molecule has 0 radical (unpaired) electrons. The van der Waals surface area contributed by atoms with Gasteiger partial charge in [0, 0.05) is 6.61 Å². The smallest absolute Gasteiger partial charge is 0.340 e. The van der Waals surface area contributed by atoms with E-state index in [4.69, 9.17) is 10.5 Å². The number of hydrogen-bond acceptors (Lipinski definition) is 3. The zero-order valence-electron chi connectivity index (χ0n) is 9.35. The van der Waals surface area contributed by atoms with Crippen LogP contribution >= 0.6 is 0 Å². The maximum Gasteiger partial charge on any atom is 0.340 e. The quantitative estimate of drug-likeness (QED) is 0.714. The van der Waals surface area contributed by atoms with Crippen molar-refractivity contribution < 1.29 is 14.6 Å². The fourth-order valence-corrected chi connectivity index (χ4v) is 1.38. The number of nitrogens with two attached hydrogens (primary N) is 1. The molecular formula is C12H17NO3. The van der Waals surface area contributed by atoms with Gasteiger partial charge < -0.3 is 15.6 Å². The molecule has 0 saturated heterocycles. The monoisotopic (exact) mass is 223 g/mol. The molecule has 1 atom stereocenters. The Morgan fingerprint density at radius 1 is 1.44 bits per heavy atom. The molecule has 0 spiro atoms. The summed E-state index contributed by atoms with van der Waals surface area (Å²) in [6.07, 6.45) is 0.649. The molecule has 88 valence electrons. The summed E-state index contributed by atoms with van der Waals surface area (Å²) >= 11 is 0. The molecule has 1 rings (SSSR count). The van der Waals surface area contributed by atoms with E-state index in [1.807, 2.05) is 6.07 Å². The summed E-state index contributed by atoms with van der Waals surface area (Å²) in [6, 6.07) is 8.92. The Labute approximate surface area is 95.0 Å². The highest BCUT2D eigenvalue weighted by atomic mass is 16.5. The molecule has 0 amide bonds. The molecule has 0 bridgehead atoms. The Morgan fingerprint density at radius 2 is 2.06 bits per heavy atom. The minimum Gasteiger partial charge on any atom is -0.479 e. The molecule has 4 heteroatoms. The van der Waals surface area contributed by atoms with Crippen LogP contribution in [0.1, 0.15) is 18.9 Å². The maximum atomic E-state index is 11.3. The highest BCUT2D eigenvalue weighted by molar-refractivity contribution is 5.78. The minimum atomic E-state index is -1.30. The van der Waals surface area contributed by atoms with Crippen LogP contribution in [0.15, 0.2) is 30.3 Å². The molecule has 0 fully saturated rings. The molecule has 1 aromatic carbocycles. The van der Waals surface area contributed by atoms with Crippen LogP contribution in [0.2, 0.25) is 0 Å². The van der Waals surface area contributed by atoms with E-state index < -0.39 is 11.6 Å². The summed E-state index contributed by atoms with van der Waals surface area (Å²) < 4.78 is 5.44. The van der Waals surface area contributed by atoms with E-state index in [1.165, 1.54) is 0 Å². The van der Waals surface area contributed by atoms with E-state index in [1.54, 1.807) is 31.2 Å². The third-order valence-corrected chi connectivity index (χ3v) is 2.47. The zero-order chi connectivity index (χ0) is 12.0. The molecule has 1 aromatic rings. The van der Waals surface area contributed by atoms with Crippen LogP contribution in [0.4, 0.5) is 0 Å². The van der Waals surface area contributed by atoms with Crippen LogP contribution in [0.3, 0.4) is 0 Å². The Kier molecular flexibility index (Phi) is 4.46. The van der Waals surface area contributed by atoms with Crippen LogP contribution in [-0.4, -0.2) is 24.2 Å². The van der Waals surface area contributed by atoms with E-state index >= 15 is 0 Å². The number of ether oxygens (including phenoxy) is 1. The first-order valence-corrected chi connectivity index (χ1v) is 5.24. The fourth-order valence-electron chi connectivity index (χ4n) is 1.38. The van der Waals surface area contributed by atoms with Gasteiger partial charge in [-0.1, -0.05) is 30.3 Å². The molecule has 3 N–H and O–H groups in total. The molecule has 0 aromatic heterocycles. The first-order chi connectivity index (χ1) is 7.61. The van der Waals surface area contributed by atoms with E-state index in [9.17, 15) is 9.90 Å². The number of aliphatic carboxylic acids is 1. The molecule has 0 saturated carbocycles. The van der Waals surface area contributed by atoms with Gasteiger partial charge in [-0.3, -0.25) is 0 Å². The Balaban J connectivity index is 2.85. The number of benzene rings is 1. The number of carboxylic acid groups (broad SMARTS) is 1. The second-order valence-corrected chi connectivity index (χ2v) is 3.70. The number of carbonyl (C=O) groups is 1. The summed E-state index contributed by atoms with van der Waals surface area (Å²) in [4.78, 5) is 11.3. The van der Waals surface area contributed by atoms with Crippen molar-refractivity contribution in [1.82, 2.24) is 0 Å². The number of hydrogen-bond donors (Lipinski definition) is 2. The molecule has 1 unspecified atom stereocenters.